The number of carboxylic acid groups (broad SMARTS) is 2. The van der Waals surface area contributed by atoms with E-state index in [0.29, 0.717) is 28.4 Å². The molecule has 1 saturated heterocycles. The van der Waals surface area contributed by atoms with Gasteiger partial charge in [0.15, 0.2) is 10.8 Å². The molecule has 0 radical (unpaired) electrons. The molecule has 0 aliphatic carbocycles. The van der Waals surface area contributed by atoms with Gasteiger partial charge in [-0.05, 0) is 42.8 Å². The van der Waals surface area contributed by atoms with E-state index in [1.807, 2.05) is 0 Å². The first-order chi connectivity index (χ1) is 22.5. The van der Waals surface area contributed by atoms with Gasteiger partial charge < -0.3 is 26.1 Å². The molecule has 2 amide bonds. The van der Waals surface area contributed by atoms with Gasteiger partial charge in [0, 0.05) is 27.5 Å². The molecule has 1 aromatic carbocycles. The number of hydrogen-bond donors (Lipinski definition) is 4. The van der Waals surface area contributed by atoms with Crippen molar-refractivity contribution in [2.75, 3.05) is 11.5 Å². The number of nitrogen functional groups attached to an aromatic ring is 1. The number of carboxylic acids is 1. The molecule has 4 aromatic rings. The molecule has 3 atom stereocenters. The Hall–Kier alpha value is -5.21. The van der Waals surface area contributed by atoms with Crippen LogP contribution in [0.4, 0.5) is 9.93 Å². The molecule has 2 aliphatic rings. The van der Waals surface area contributed by atoms with Crippen molar-refractivity contribution in [2.45, 2.75) is 36.9 Å². The molecule has 0 saturated carbocycles. The van der Waals surface area contributed by atoms with E-state index in [1.165, 1.54) is 38.1 Å². The van der Waals surface area contributed by atoms with Gasteiger partial charge >= 0.3 is 17.2 Å². The zero-order chi connectivity index (χ0) is 33.4. The van der Waals surface area contributed by atoms with Crippen LogP contribution in [0.1, 0.15) is 45.2 Å². The molecule has 6 rings (SSSR count). The van der Waals surface area contributed by atoms with Crippen LogP contribution in [-0.4, -0.2) is 96.6 Å². The number of oxime groups is 1. The van der Waals surface area contributed by atoms with Crippen LogP contribution in [0.25, 0.3) is 5.78 Å². The van der Waals surface area contributed by atoms with Gasteiger partial charge in [0.2, 0.25) is 0 Å². The Labute approximate surface area is 274 Å². The Morgan fingerprint density at radius 3 is 2.64 bits per heavy atom. The van der Waals surface area contributed by atoms with Crippen LogP contribution in [0.15, 0.2) is 52.0 Å². The molecule has 2 aliphatic heterocycles. The minimum absolute atomic E-state index is 0.0272. The minimum atomic E-state index is -1.61. The highest BCUT2D eigenvalue weighted by atomic mass is 32.2. The van der Waals surface area contributed by atoms with Crippen molar-refractivity contribution in [3.63, 3.8) is 0 Å². The predicted molar refractivity (Wildman–Crippen MR) is 171 cm³/mol. The number of amides is 2. The number of aromatic carboxylic acids is 1. The number of β-lactam (4-membered cyclic amide) rings is 1. The van der Waals surface area contributed by atoms with Crippen molar-refractivity contribution in [3.8, 4) is 0 Å². The minimum Gasteiger partial charge on any atom is -0.475 e. The molecule has 5 heterocycles. The Kier molecular flexibility index (Phi) is 8.71. The first-order valence-corrected chi connectivity index (χ1v) is 16.7. The van der Waals surface area contributed by atoms with E-state index in [9.17, 15) is 34.2 Å². The van der Waals surface area contributed by atoms with Gasteiger partial charge in [-0.2, -0.15) is 9.50 Å². The molecule has 1 unspecified atom stereocenters. The van der Waals surface area contributed by atoms with Crippen molar-refractivity contribution in [3.05, 3.63) is 64.6 Å². The van der Waals surface area contributed by atoms with Gasteiger partial charge in [-0.25, -0.2) is 24.4 Å². The third-order valence-electron chi connectivity index (χ3n) is 7.00. The first kappa shape index (κ1) is 31.8. The van der Waals surface area contributed by atoms with E-state index >= 15 is 0 Å². The van der Waals surface area contributed by atoms with E-state index in [1.54, 1.807) is 31.2 Å². The molecular weight excluding hydrogens is 675 g/mol. The van der Waals surface area contributed by atoms with Crippen LogP contribution in [0.3, 0.4) is 0 Å². The molecule has 0 bridgehead atoms. The van der Waals surface area contributed by atoms with Crippen LogP contribution >= 0.6 is 33.8 Å². The number of thioether (sulfide) groups is 1. The van der Waals surface area contributed by atoms with E-state index in [-0.39, 0.29) is 33.6 Å². The third kappa shape index (κ3) is 6.29. The second kappa shape index (κ2) is 12.9. The first-order valence-electron chi connectivity index (χ1n) is 13.6. The highest BCUT2D eigenvalue weighted by Gasteiger charge is 2.53. The molecule has 17 nitrogen and oxygen atoms in total. The average Bonchev–Trinajstić information content (AvgIpc) is 3.68. The molecule has 20 heteroatoms. The lowest BCUT2D eigenvalue weighted by Gasteiger charge is -2.50. The number of rotatable bonds is 9. The van der Waals surface area contributed by atoms with Gasteiger partial charge in [-0.15, -0.1) is 28.2 Å². The van der Waals surface area contributed by atoms with E-state index < -0.39 is 57.6 Å². The van der Waals surface area contributed by atoms with Crippen LogP contribution in [0.2, 0.25) is 0 Å². The number of nitrogens with one attached hydrogen (secondary N) is 1. The smallest absolute Gasteiger partial charge is 0.378 e. The Bertz CT molecular complexity index is 2030. The van der Waals surface area contributed by atoms with Gasteiger partial charge in [0.1, 0.15) is 16.8 Å². The number of carbonyl (C=O) groups is 5. The Morgan fingerprint density at radius 2 is 1.96 bits per heavy atom. The van der Waals surface area contributed by atoms with E-state index in [4.69, 9.17) is 10.6 Å². The van der Waals surface area contributed by atoms with Crippen LogP contribution in [-0.2, 0) is 14.4 Å². The fourth-order valence-electron chi connectivity index (χ4n) is 4.89. The summed E-state index contributed by atoms with van der Waals surface area (Å²) < 4.78 is 2.53. The van der Waals surface area contributed by atoms with Gasteiger partial charge in [0.25, 0.3) is 23.4 Å². The number of anilines is 1. The van der Waals surface area contributed by atoms with Gasteiger partial charge in [-0.1, -0.05) is 23.4 Å². The standard InChI is InChI=1S/C27H23N9O8S3/c1-12-9-17(35-26(29-12)32-20(33-35)23(39)40)45-10-14-7-8-16-19(22(38)36(16)47(14)27(42)43)31-21(37)18(15-11-46-25(28)30-15)34-44-24(41)13-5-3-2-4-6-13/h2-6,9,11,16,19H,7-8,10H2,1H3,(H2,28,30)(H,31,37)(H,39,40)(H,42,43)/t16-,19-,47?/m1/s1. The lowest BCUT2D eigenvalue weighted by Crippen LogP contribution is -2.70. The summed E-state index contributed by atoms with van der Waals surface area (Å²) in [6, 6.07) is 8.01. The summed E-state index contributed by atoms with van der Waals surface area (Å²) in [5.74, 6) is -3.74. The maximum absolute atomic E-state index is 13.4. The van der Waals surface area contributed by atoms with Crippen LogP contribution in [0.5, 0.6) is 0 Å². The van der Waals surface area contributed by atoms with Crippen LogP contribution < -0.4 is 11.1 Å². The largest absolute Gasteiger partial charge is 0.475 e. The number of benzene rings is 1. The zero-order valence-corrected chi connectivity index (χ0v) is 26.5. The Morgan fingerprint density at radius 1 is 1.19 bits per heavy atom. The molecule has 1 fully saturated rings. The zero-order valence-electron chi connectivity index (χ0n) is 24.1. The summed E-state index contributed by atoms with van der Waals surface area (Å²) in [6.07, 6.45) is 0.701. The van der Waals surface area contributed by atoms with E-state index in [2.05, 4.69) is 30.5 Å². The highest BCUT2D eigenvalue weighted by Crippen LogP contribution is 2.43. The molecule has 0 spiro atoms. The lowest BCUT2D eigenvalue weighted by molar-refractivity contribution is -0.143. The van der Waals surface area contributed by atoms with Crippen molar-refractivity contribution in [1.29, 1.82) is 0 Å². The fraction of sp³-hybridized carbons (Fsp3) is 0.222. The van der Waals surface area contributed by atoms with E-state index in [0.717, 1.165) is 11.3 Å². The number of nitrogens with zero attached hydrogens (tertiary/aromatic N) is 7. The number of aromatic nitrogens is 5. The second-order valence-corrected chi connectivity index (χ2v) is 13.8. The number of aryl methyl sites for hydroxylation is 1. The highest BCUT2D eigenvalue weighted by molar-refractivity contribution is 8.27. The summed E-state index contributed by atoms with van der Waals surface area (Å²) in [4.78, 5) is 80.8. The average molecular weight is 698 g/mol. The van der Waals surface area contributed by atoms with Crippen molar-refractivity contribution in [1.82, 2.24) is 34.2 Å². The fourth-order valence-corrected chi connectivity index (χ4v) is 8.81. The lowest BCUT2D eigenvalue weighted by atomic mass is 9.93. The normalized spacial score (nSPS) is 19.2. The van der Waals surface area contributed by atoms with Crippen LogP contribution in [0, 0.1) is 6.92 Å². The predicted octanol–water partition coefficient (Wildman–Crippen LogP) is 2.05. The topological polar surface area (TPSA) is 245 Å². The maximum atomic E-state index is 13.4. The Balaban J connectivity index is 1.19. The summed E-state index contributed by atoms with van der Waals surface area (Å²) in [5.41, 5.74) is 6.13. The maximum Gasteiger partial charge on any atom is 0.378 e. The number of fused-ring (bicyclic) bond motifs is 2. The molecule has 5 N–H and O–H groups in total. The summed E-state index contributed by atoms with van der Waals surface area (Å²) >= 11 is 2.25. The quantitative estimate of drug-likeness (QED) is 0.0372. The number of carbonyl (C=O) groups excluding carboxylic acids is 3. The number of nitrogens with two attached hydrogens (primary N) is 1. The summed E-state index contributed by atoms with van der Waals surface area (Å²) in [7, 11) is -1.61. The van der Waals surface area contributed by atoms with Gasteiger partial charge in [-0.3, -0.25) is 13.9 Å². The SMILES string of the molecule is Cc1cc(SCC2=S(C(=O)O)N3C(=O)[C@H](NC(=O)C(=NOC(=O)c4ccccc4)c4csc(N)n4)[C@H]3CC2)n2nc(C(=O)O)nc2n1. The van der Waals surface area contributed by atoms with Crippen molar-refractivity contribution in [2.24, 2.45) is 5.16 Å². The third-order valence-corrected chi connectivity index (χ3v) is 11.0. The molecule has 47 heavy (non-hydrogen) atoms. The summed E-state index contributed by atoms with van der Waals surface area (Å²) in [6.45, 7) is 1.71. The number of thiazole rings is 1. The molecular formula is C27H23N9O8S3. The van der Waals surface area contributed by atoms with Crippen molar-refractivity contribution >= 4 is 84.3 Å². The number of hydrogen-bond acceptors (Lipinski definition) is 14. The van der Waals surface area contributed by atoms with Gasteiger partial charge in [0.05, 0.1) is 11.6 Å². The van der Waals surface area contributed by atoms with Crippen molar-refractivity contribution < 1.29 is 39.0 Å². The summed E-state index contributed by atoms with van der Waals surface area (Å²) in [5, 5.41) is 30.6. The molecule has 242 valence electrons. The second-order valence-electron chi connectivity index (χ2n) is 10.0. The molecule has 3 aromatic heterocycles. The monoisotopic (exact) mass is 697 g/mol.